The highest BCUT2D eigenvalue weighted by Crippen LogP contribution is 2.48. The number of nitrogens with one attached hydrogen (secondary N) is 1. The molecule has 274 valence electrons. The molecule has 10 heteroatoms. The normalized spacial score (nSPS) is 19.3. The smallest absolute Gasteiger partial charge is 0.311 e. The van der Waals surface area contributed by atoms with Crippen LogP contribution in [-0.2, 0) is 15.1 Å². The third-order valence-corrected chi connectivity index (χ3v) is 11.7. The van der Waals surface area contributed by atoms with Gasteiger partial charge in [0.25, 0.3) is 0 Å². The Kier molecular flexibility index (Phi) is 9.10. The van der Waals surface area contributed by atoms with Crippen molar-refractivity contribution in [2.75, 3.05) is 12.4 Å². The molecule has 10 rings (SSSR count). The van der Waals surface area contributed by atoms with Gasteiger partial charge in [-0.05, 0) is 54.2 Å². The molecule has 0 spiro atoms. The molecular weight excluding hydrogens is 711 g/mol. The lowest BCUT2D eigenvalue weighted by molar-refractivity contribution is -0.152. The van der Waals surface area contributed by atoms with Gasteiger partial charge in [0, 0.05) is 17.8 Å². The Bertz CT molecular complexity index is 2380. The van der Waals surface area contributed by atoms with Crippen molar-refractivity contribution in [2.45, 2.75) is 37.3 Å². The van der Waals surface area contributed by atoms with E-state index in [-0.39, 0.29) is 46.3 Å². The fourth-order valence-electron chi connectivity index (χ4n) is 9.09. The highest BCUT2D eigenvalue weighted by molar-refractivity contribution is 6.29. The Morgan fingerprint density at radius 2 is 1.33 bits per heavy atom. The molecule has 0 aliphatic heterocycles. The van der Waals surface area contributed by atoms with Crippen molar-refractivity contribution in [1.82, 2.24) is 24.5 Å². The number of nitrogens with zero attached hydrogens (tertiary/aromatic N) is 5. The number of esters is 1. The minimum atomic E-state index is -0.943. The van der Waals surface area contributed by atoms with Gasteiger partial charge in [-0.3, -0.25) is 4.79 Å². The maximum absolute atomic E-state index is 16.9. The second kappa shape index (κ2) is 14.4. The maximum Gasteiger partial charge on any atom is 0.311 e. The van der Waals surface area contributed by atoms with Crippen molar-refractivity contribution >= 4 is 34.6 Å². The first-order valence-corrected chi connectivity index (χ1v) is 19.0. The molecule has 0 amide bonds. The molecule has 1 N–H and O–H groups in total. The van der Waals surface area contributed by atoms with Gasteiger partial charge in [-0.2, -0.15) is 0 Å². The van der Waals surface area contributed by atoms with Gasteiger partial charge in [-0.25, -0.2) is 24.3 Å². The minimum Gasteiger partial charge on any atom is -0.469 e. The van der Waals surface area contributed by atoms with Gasteiger partial charge < -0.3 is 14.6 Å². The average Bonchev–Trinajstić information content (AvgIpc) is 3.62. The van der Waals surface area contributed by atoms with Crippen LogP contribution in [0.25, 0.3) is 33.8 Å². The van der Waals surface area contributed by atoms with E-state index < -0.39 is 17.3 Å². The molecule has 8 nitrogen and oxygen atoms in total. The Morgan fingerprint density at radius 3 is 1.89 bits per heavy atom. The minimum absolute atomic E-state index is 0.0200. The molecule has 3 aliphatic rings. The van der Waals surface area contributed by atoms with Crippen LogP contribution in [0, 0.1) is 23.6 Å². The first-order valence-electron chi connectivity index (χ1n) is 18.7. The van der Waals surface area contributed by atoms with E-state index in [9.17, 15) is 4.79 Å². The number of hydrogen-bond donors (Lipinski definition) is 1. The number of halogens is 2. The zero-order valence-electron chi connectivity index (χ0n) is 30.1. The number of aromatic nitrogens is 5. The summed E-state index contributed by atoms with van der Waals surface area (Å²) in [5.41, 5.74) is 4.24. The van der Waals surface area contributed by atoms with Gasteiger partial charge in [0.2, 0.25) is 0 Å². The molecular formula is C45H38ClFN6O2. The lowest BCUT2D eigenvalue weighted by Crippen LogP contribution is -2.52. The van der Waals surface area contributed by atoms with Gasteiger partial charge in [0.15, 0.2) is 23.1 Å². The van der Waals surface area contributed by atoms with E-state index in [1.54, 1.807) is 0 Å². The van der Waals surface area contributed by atoms with Gasteiger partial charge in [0.05, 0.1) is 24.8 Å². The van der Waals surface area contributed by atoms with Crippen LogP contribution >= 0.6 is 11.6 Å². The lowest BCUT2D eigenvalue weighted by Gasteiger charge is -2.47. The van der Waals surface area contributed by atoms with Crippen LogP contribution in [0.2, 0.25) is 5.15 Å². The van der Waals surface area contributed by atoms with E-state index in [4.69, 9.17) is 36.3 Å². The number of carbonyl (C=O) groups excluding carboxylic acids is 1. The van der Waals surface area contributed by atoms with Gasteiger partial charge >= 0.3 is 5.97 Å². The number of methoxy groups -OCH3 is 1. The summed E-state index contributed by atoms with van der Waals surface area (Å²) in [7, 11) is 1.42. The Labute approximate surface area is 323 Å². The molecule has 3 heterocycles. The van der Waals surface area contributed by atoms with Crippen molar-refractivity contribution in [3.63, 3.8) is 0 Å². The fourth-order valence-corrected chi connectivity index (χ4v) is 9.22. The zero-order valence-corrected chi connectivity index (χ0v) is 30.9. The zero-order chi connectivity index (χ0) is 37.5. The van der Waals surface area contributed by atoms with Crippen LogP contribution in [0.15, 0.2) is 134 Å². The molecule has 4 aromatic carbocycles. The third-order valence-electron chi connectivity index (χ3n) is 11.5. The third kappa shape index (κ3) is 5.94. The highest BCUT2D eigenvalue weighted by Gasteiger charge is 2.48. The Morgan fingerprint density at radius 1 is 0.782 bits per heavy atom. The Balaban J connectivity index is 1.31. The molecule has 0 radical (unpaired) electrons. The van der Waals surface area contributed by atoms with E-state index in [1.165, 1.54) is 13.3 Å². The van der Waals surface area contributed by atoms with Crippen LogP contribution in [-0.4, -0.2) is 43.6 Å². The fraction of sp³-hybridized carbons (Fsp3) is 0.222. The highest BCUT2D eigenvalue weighted by atomic mass is 35.5. The first kappa shape index (κ1) is 34.8. The van der Waals surface area contributed by atoms with Gasteiger partial charge in [0.1, 0.15) is 21.9 Å². The number of carbonyl (C=O) groups is 1. The van der Waals surface area contributed by atoms with Crippen LogP contribution in [0.1, 0.15) is 42.4 Å². The largest absolute Gasteiger partial charge is 0.469 e. The van der Waals surface area contributed by atoms with Crippen LogP contribution in [0.4, 0.5) is 10.2 Å². The number of hydrogen-bond acceptors (Lipinski definition) is 7. The summed E-state index contributed by atoms with van der Waals surface area (Å²) in [5, 5.41) is 3.64. The summed E-state index contributed by atoms with van der Waals surface area (Å²) in [4.78, 5) is 32.9. The number of ether oxygens (including phenoxy) is 1. The van der Waals surface area contributed by atoms with E-state index in [0.29, 0.717) is 22.3 Å². The molecule has 0 saturated heterocycles. The van der Waals surface area contributed by atoms with Crippen molar-refractivity contribution in [1.29, 1.82) is 0 Å². The molecule has 3 aromatic heterocycles. The van der Waals surface area contributed by atoms with Crippen molar-refractivity contribution < 1.29 is 13.9 Å². The number of rotatable bonds is 9. The monoisotopic (exact) mass is 748 g/mol. The second-order valence-corrected chi connectivity index (χ2v) is 14.8. The molecule has 55 heavy (non-hydrogen) atoms. The molecule has 2 atom stereocenters. The summed E-state index contributed by atoms with van der Waals surface area (Å²) < 4.78 is 24.3. The lowest BCUT2D eigenvalue weighted by atomic mass is 9.61. The van der Waals surface area contributed by atoms with E-state index >= 15 is 4.39 Å². The quantitative estimate of drug-likeness (QED) is 0.116. The summed E-state index contributed by atoms with van der Waals surface area (Å²) in [6.07, 6.45) is 7.28. The SMILES string of the molecule is COC(=O)C1C2CCC(CC2)C1Nc1nc(-c2cn(C(c3ccccc3)(c3ccccc3)c3ccccc3)c3ncc(Cl)nc23)nc(-c2ccccc2)c1F. The second-order valence-electron chi connectivity index (χ2n) is 14.4. The van der Waals surface area contributed by atoms with Gasteiger partial charge in [-0.1, -0.05) is 133 Å². The molecule has 7 aromatic rings. The standard InChI is InChI=1S/C45H38ClFN6O2/c1-55-44(54)36-28-22-24-30(25-23-28)38(36)50-42-37(47)39(29-14-6-2-7-15-29)51-41(52-42)34-27-53(43-40(34)49-35(46)26-48-43)45(31-16-8-3-9-17-31,32-18-10-4-11-19-32)33-20-12-5-13-21-33/h2-21,26-28,30,36,38H,22-25H2,1H3,(H,50,51,52). The Hall–Kier alpha value is -5.93. The molecule has 3 aliphatic carbocycles. The summed E-state index contributed by atoms with van der Waals surface area (Å²) in [5.74, 6) is -0.706. The summed E-state index contributed by atoms with van der Waals surface area (Å²) >= 11 is 6.62. The van der Waals surface area contributed by atoms with Crippen molar-refractivity contribution in [3.8, 4) is 22.6 Å². The molecule has 2 bridgehead atoms. The first-order chi connectivity index (χ1) is 27.0. The van der Waals surface area contributed by atoms with E-state index in [2.05, 4.69) is 46.3 Å². The maximum atomic E-state index is 16.9. The number of benzene rings is 4. The van der Waals surface area contributed by atoms with Crippen LogP contribution in [0.5, 0.6) is 0 Å². The summed E-state index contributed by atoms with van der Waals surface area (Å²) in [6, 6.07) is 39.7. The van der Waals surface area contributed by atoms with Crippen LogP contribution < -0.4 is 5.32 Å². The number of anilines is 1. The van der Waals surface area contributed by atoms with E-state index in [0.717, 1.165) is 42.4 Å². The predicted molar refractivity (Wildman–Crippen MR) is 212 cm³/mol. The van der Waals surface area contributed by atoms with Crippen molar-refractivity contribution in [2.24, 2.45) is 17.8 Å². The molecule has 3 fully saturated rings. The van der Waals surface area contributed by atoms with Crippen molar-refractivity contribution in [3.05, 3.63) is 161 Å². The topological polar surface area (TPSA) is 94.8 Å². The van der Waals surface area contributed by atoms with Gasteiger partial charge in [-0.15, -0.1) is 0 Å². The molecule has 2 unspecified atom stereocenters. The average molecular weight is 749 g/mol. The summed E-state index contributed by atoms with van der Waals surface area (Å²) in [6.45, 7) is 0. The number of fused-ring (bicyclic) bond motifs is 4. The predicted octanol–water partition coefficient (Wildman–Crippen LogP) is 9.58. The molecule has 3 saturated carbocycles. The van der Waals surface area contributed by atoms with Crippen LogP contribution in [0.3, 0.4) is 0 Å². The van der Waals surface area contributed by atoms with E-state index in [1.807, 2.05) is 91.1 Å².